The zero-order valence-electron chi connectivity index (χ0n) is 16.2. The molecule has 0 amide bonds. The van der Waals surface area contributed by atoms with Crippen LogP contribution in [0.15, 0.2) is 48.5 Å². The Labute approximate surface area is 166 Å². The zero-order chi connectivity index (χ0) is 19.9. The van der Waals surface area contributed by atoms with E-state index in [2.05, 4.69) is 32.9 Å². The molecule has 0 spiro atoms. The Morgan fingerprint density at radius 1 is 0.889 bits per heavy atom. The van der Waals surface area contributed by atoms with Gasteiger partial charge in [0.25, 0.3) is 0 Å². The Morgan fingerprint density at radius 3 is 1.74 bits per heavy atom. The van der Waals surface area contributed by atoms with Gasteiger partial charge in [0.1, 0.15) is 24.2 Å². The number of aliphatic hydroxyl groups is 2. The maximum absolute atomic E-state index is 9.36. The summed E-state index contributed by atoms with van der Waals surface area (Å²) in [5, 5.41) is 18.2. The molecule has 0 aliphatic rings. The van der Waals surface area contributed by atoms with E-state index >= 15 is 0 Å². The third-order valence-corrected chi connectivity index (χ3v) is 5.13. The largest absolute Gasteiger partial charge is 0.493 e. The number of rotatable bonds is 10. The smallest absolute Gasteiger partial charge is 0.119 e. The number of alkyl halides is 1. The van der Waals surface area contributed by atoms with Gasteiger partial charge >= 0.3 is 0 Å². The second-order valence-electron chi connectivity index (χ2n) is 7.39. The van der Waals surface area contributed by atoms with Crippen LogP contribution in [0.1, 0.15) is 31.9 Å². The van der Waals surface area contributed by atoms with Crippen molar-refractivity contribution in [3.63, 3.8) is 0 Å². The van der Waals surface area contributed by atoms with Crippen LogP contribution in [0.3, 0.4) is 0 Å². The van der Waals surface area contributed by atoms with Crippen LogP contribution in [0, 0.1) is 5.92 Å². The lowest BCUT2D eigenvalue weighted by Crippen LogP contribution is -2.21. The first kappa shape index (κ1) is 21.5. The summed E-state index contributed by atoms with van der Waals surface area (Å²) in [4.78, 5) is 0. The summed E-state index contributed by atoms with van der Waals surface area (Å²) in [6.07, 6.45) is -0.866. The fourth-order valence-electron chi connectivity index (χ4n) is 2.63. The molecule has 2 unspecified atom stereocenters. The molecule has 2 N–H and O–H groups in total. The number of aliphatic hydroxyl groups excluding tert-OH is 2. The van der Waals surface area contributed by atoms with Gasteiger partial charge in [-0.25, -0.2) is 0 Å². The highest BCUT2D eigenvalue weighted by Crippen LogP contribution is 2.33. The van der Waals surface area contributed by atoms with E-state index in [1.54, 1.807) is 0 Å². The van der Waals surface area contributed by atoms with Gasteiger partial charge in [0, 0.05) is 17.2 Å². The van der Waals surface area contributed by atoms with Gasteiger partial charge in [0.15, 0.2) is 0 Å². The molecular formula is C22H29ClO4. The third kappa shape index (κ3) is 6.13. The van der Waals surface area contributed by atoms with Gasteiger partial charge in [-0.15, -0.1) is 11.6 Å². The number of hydrogen-bond donors (Lipinski definition) is 2. The highest BCUT2D eigenvalue weighted by molar-refractivity contribution is 6.18. The lowest BCUT2D eigenvalue weighted by Gasteiger charge is -2.26. The van der Waals surface area contributed by atoms with Gasteiger partial charge in [0.2, 0.25) is 0 Å². The predicted octanol–water partition coefficient (Wildman–Crippen LogP) is 4.00. The van der Waals surface area contributed by atoms with Crippen LogP contribution in [-0.2, 0) is 5.41 Å². The van der Waals surface area contributed by atoms with Crippen LogP contribution < -0.4 is 9.47 Å². The van der Waals surface area contributed by atoms with Crippen LogP contribution in [0.5, 0.6) is 11.5 Å². The lowest BCUT2D eigenvalue weighted by molar-refractivity contribution is 0.0536. The average Bonchev–Trinajstić information content (AvgIpc) is 2.70. The van der Waals surface area contributed by atoms with E-state index in [1.165, 1.54) is 5.56 Å². The van der Waals surface area contributed by atoms with Crippen molar-refractivity contribution < 1.29 is 19.7 Å². The first-order valence-corrected chi connectivity index (χ1v) is 9.71. The lowest BCUT2D eigenvalue weighted by atomic mass is 9.78. The molecule has 0 aromatic heterocycles. The standard InChI is InChI=1S/C22H29ClO4/c1-16(12-23)14-26-20-8-4-17(5-9-20)22(2,3)18-6-10-21(11-7-18)27-15-19(25)13-24/h4-11,16,19,24-25H,12-15H2,1-3H3. The minimum absolute atomic E-state index is 0.0725. The Balaban J connectivity index is 2.04. The average molecular weight is 393 g/mol. The maximum Gasteiger partial charge on any atom is 0.119 e. The molecule has 2 aromatic carbocycles. The Bertz CT molecular complexity index is 623. The molecule has 2 rings (SSSR count). The van der Waals surface area contributed by atoms with Gasteiger partial charge in [-0.2, -0.15) is 0 Å². The molecule has 0 radical (unpaired) electrons. The number of halogens is 1. The summed E-state index contributed by atoms with van der Waals surface area (Å²) < 4.78 is 11.2. The molecule has 2 aromatic rings. The fourth-order valence-corrected chi connectivity index (χ4v) is 2.72. The minimum atomic E-state index is -0.866. The van der Waals surface area contributed by atoms with Crippen LogP contribution in [0.25, 0.3) is 0 Å². The molecule has 0 aliphatic carbocycles. The molecular weight excluding hydrogens is 364 g/mol. The third-order valence-electron chi connectivity index (χ3n) is 4.60. The second kappa shape index (κ2) is 9.98. The molecule has 0 saturated carbocycles. The Kier molecular flexibility index (Phi) is 7.96. The molecule has 27 heavy (non-hydrogen) atoms. The van der Waals surface area contributed by atoms with E-state index in [9.17, 15) is 5.11 Å². The van der Waals surface area contributed by atoms with Crippen molar-refractivity contribution in [1.29, 1.82) is 0 Å². The normalized spacial score (nSPS) is 13.9. The van der Waals surface area contributed by atoms with E-state index in [0.717, 1.165) is 11.3 Å². The molecule has 0 aliphatic heterocycles. The Morgan fingerprint density at radius 2 is 1.33 bits per heavy atom. The van der Waals surface area contributed by atoms with Crippen molar-refractivity contribution >= 4 is 11.6 Å². The summed E-state index contributed by atoms with van der Waals surface area (Å²) in [6.45, 7) is 6.77. The molecule has 0 heterocycles. The molecule has 4 nitrogen and oxygen atoms in total. The van der Waals surface area contributed by atoms with Crippen molar-refractivity contribution in [2.24, 2.45) is 5.92 Å². The predicted molar refractivity (Wildman–Crippen MR) is 109 cm³/mol. The van der Waals surface area contributed by atoms with E-state index in [-0.39, 0.29) is 18.6 Å². The van der Waals surface area contributed by atoms with Crippen LogP contribution in [0.4, 0.5) is 0 Å². The zero-order valence-corrected chi connectivity index (χ0v) is 16.9. The van der Waals surface area contributed by atoms with Crippen molar-refractivity contribution in [3.05, 3.63) is 59.7 Å². The first-order chi connectivity index (χ1) is 12.9. The number of benzene rings is 2. The van der Waals surface area contributed by atoms with Crippen molar-refractivity contribution in [2.75, 3.05) is 25.7 Å². The molecule has 5 heteroatoms. The summed E-state index contributed by atoms with van der Waals surface area (Å²) in [6, 6.07) is 16.0. The number of ether oxygens (including phenoxy) is 2. The van der Waals surface area contributed by atoms with Crippen molar-refractivity contribution in [1.82, 2.24) is 0 Å². The molecule has 0 bridgehead atoms. The van der Waals surface area contributed by atoms with Gasteiger partial charge in [-0.3, -0.25) is 0 Å². The quantitative estimate of drug-likeness (QED) is 0.600. The Hall–Kier alpha value is -1.75. The molecule has 148 valence electrons. The SMILES string of the molecule is CC(CCl)COc1ccc(C(C)(C)c2ccc(OCC(O)CO)cc2)cc1. The van der Waals surface area contributed by atoms with E-state index in [4.69, 9.17) is 26.2 Å². The van der Waals surface area contributed by atoms with Crippen LogP contribution >= 0.6 is 11.6 Å². The molecule has 0 fully saturated rings. The highest BCUT2D eigenvalue weighted by Gasteiger charge is 2.23. The monoisotopic (exact) mass is 392 g/mol. The second-order valence-corrected chi connectivity index (χ2v) is 7.70. The van der Waals surface area contributed by atoms with E-state index in [1.807, 2.05) is 36.4 Å². The minimum Gasteiger partial charge on any atom is -0.493 e. The topological polar surface area (TPSA) is 58.9 Å². The molecule has 0 saturated heterocycles. The summed E-state index contributed by atoms with van der Waals surface area (Å²) in [7, 11) is 0. The van der Waals surface area contributed by atoms with Crippen molar-refractivity contribution in [2.45, 2.75) is 32.3 Å². The maximum atomic E-state index is 9.36. The van der Waals surface area contributed by atoms with Crippen molar-refractivity contribution in [3.8, 4) is 11.5 Å². The fraction of sp³-hybridized carbons (Fsp3) is 0.455. The summed E-state index contributed by atoms with van der Waals surface area (Å²) in [5.41, 5.74) is 2.16. The summed E-state index contributed by atoms with van der Waals surface area (Å²) in [5.74, 6) is 2.42. The van der Waals surface area contributed by atoms with Gasteiger partial charge in [0.05, 0.1) is 13.2 Å². The molecule has 2 atom stereocenters. The number of hydrogen-bond acceptors (Lipinski definition) is 4. The van der Waals surface area contributed by atoms with E-state index in [0.29, 0.717) is 24.2 Å². The summed E-state index contributed by atoms with van der Waals surface area (Å²) >= 11 is 5.81. The highest BCUT2D eigenvalue weighted by atomic mass is 35.5. The van der Waals surface area contributed by atoms with Gasteiger partial charge < -0.3 is 19.7 Å². The van der Waals surface area contributed by atoms with Crippen LogP contribution in [-0.4, -0.2) is 42.0 Å². The van der Waals surface area contributed by atoms with Crippen LogP contribution in [0.2, 0.25) is 0 Å². The van der Waals surface area contributed by atoms with E-state index < -0.39 is 6.10 Å². The van der Waals surface area contributed by atoms with Gasteiger partial charge in [-0.1, -0.05) is 45.0 Å². The first-order valence-electron chi connectivity index (χ1n) is 9.18. The van der Waals surface area contributed by atoms with Gasteiger partial charge in [-0.05, 0) is 35.4 Å².